The molecule has 1 atom stereocenters. The maximum absolute atomic E-state index is 13.4. The number of piperidine rings is 1. The molecule has 0 N–H and O–H groups in total. The molecule has 2 aromatic rings. The zero-order chi connectivity index (χ0) is 21.7. The van der Waals surface area contributed by atoms with Crippen molar-refractivity contribution >= 4 is 20.0 Å². The van der Waals surface area contributed by atoms with Gasteiger partial charge >= 0.3 is 0 Å². The van der Waals surface area contributed by atoms with Crippen LogP contribution in [0.5, 0.6) is 0 Å². The van der Waals surface area contributed by atoms with Crippen LogP contribution in [-0.2, 0) is 32.9 Å². The monoisotopic (exact) mass is 451 g/mol. The fourth-order valence-electron chi connectivity index (χ4n) is 4.68. The van der Waals surface area contributed by atoms with Gasteiger partial charge in [0.1, 0.15) is 4.90 Å². The van der Waals surface area contributed by atoms with Crippen molar-refractivity contribution in [3.63, 3.8) is 0 Å². The third-order valence-electron chi connectivity index (χ3n) is 6.25. The van der Waals surface area contributed by atoms with Gasteiger partial charge in [0.2, 0.25) is 10.0 Å². The van der Waals surface area contributed by atoms with Crippen molar-refractivity contribution in [2.24, 2.45) is 5.92 Å². The molecule has 1 unspecified atom stereocenters. The molecule has 2 aliphatic rings. The van der Waals surface area contributed by atoms with Crippen LogP contribution >= 0.6 is 0 Å². The number of aromatic nitrogens is 2. The summed E-state index contributed by atoms with van der Waals surface area (Å²) in [7, 11) is -7.79. The first-order chi connectivity index (χ1) is 14.1. The SMILES string of the molecule is Cc1nn(S(=O)(=O)c2ccc3c(c2)CCCC3)c(C)c1S(=O)(=O)N1CCCC(C)C1. The summed E-state index contributed by atoms with van der Waals surface area (Å²) in [6, 6.07) is 5.21. The molecule has 0 amide bonds. The predicted molar refractivity (Wildman–Crippen MR) is 115 cm³/mol. The number of hydrogen-bond acceptors (Lipinski definition) is 5. The molecule has 2 heterocycles. The average molecular weight is 452 g/mol. The molecule has 1 aliphatic heterocycles. The Bertz CT molecular complexity index is 1180. The second-order valence-electron chi connectivity index (χ2n) is 8.60. The summed E-state index contributed by atoms with van der Waals surface area (Å²) in [5, 5.41) is 4.17. The van der Waals surface area contributed by atoms with Gasteiger partial charge in [-0.2, -0.15) is 21.9 Å². The highest BCUT2D eigenvalue weighted by Crippen LogP contribution is 2.30. The Morgan fingerprint density at radius 2 is 1.67 bits per heavy atom. The Labute approximate surface area is 179 Å². The fourth-order valence-corrected chi connectivity index (χ4v) is 8.10. The summed E-state index contributed by atoms with van der Waals surface area (Å²) in [5.74, 6) is 0.281. The zero-order valence-corrected chi connectivity index (χ0v) is 19.4. The summed E-state index contributed by atoms with van der Waals surface area (Å²) >= 11 is 0. The van der Waals surface area contributed by atoms with Crippen LogP contribution < -0.4 is 0 Å². The van der Waals surface area contributed by atoms with Gasteiger partial charge in [-0.05, 0) is 81.5 Å². The third kappa shape index (κ3) is 3.61. The van der Waals surface area contributed by atoms with Crippen LogP contribution in [-0.4, -0.2) is 43.4 Å². The first-order valence-corrected chi connectivity index (χ1v) is 13.4. The standard InChI is InChI=1S/C21H29N3O4S2/c1-15-7-6-12-23(14-15)30(27,28)21-16(2)22-24(17(21)3)29(25,26)20-11-10-18-8-4-5-9-19(18)13-20/h10-11,13,15H,4-9,12,14H2,1-3H3. The lowest BCUT2D eigenvalue weighted by Gasteiger charge is -2.30. The molecule has 1 aromatic carbocycles. The number of benzene rings is 1. The van der Waals surface area contributed by atoms with Gasteiger partial charge in [-0.25, -0.2) is 8.42 Å². The minimum Gasteiger partial charge on any atom is -0.207 e. The average Bonchev–Trinajstić information content (AvgIpc) is 3.03. The Balaban J connectivity index is 1.76. The van der Waals surface area contributed by atoms with Crippen LogP contribution in [0.15, 0.2) is 28.0 Å². The van der Waals surface area contributed by atoms with E-state index >= 15 is 0 Å². The molecule has 1 saturated heterocycles. The van der Waals surface area contributed by atoms with Crippen molar-refractivity contribution in [1.29, 1.82) is 0 Å². The Morgan fingerprint density at radius 3 is 2.37 bits per heavy atom. The van der Waals surface area contributed by atoms with Crippen LogP contribution in [0, 0.1) is 19.8 Å². The van der Waals surface area contributed by atoms with E-state index in [9.17, 15) is 16.8 Å². The third-order valence-corrected chi connectivity index (χ3v) is 10.0. The molecule has 30 heavy (non-hydrogen) atoms. The summed E-state index contributed by atoms with van der Waals surface area (Å²) in [4.78, 5) is 0.169. The van der Waals surface area contributed by atoms with E-state index < -0.39 is 20.0 Å². The van der Waals surface area contributed by atoms with Crippen molar-refractivity contribution in [1.82, 2.24) is 13.5 Å². The van der Waals surface area contributed by atoms with Gasteiger partial charge in [0.05, 0.1) is 16.3 Å². The van der Waals surface area contributed by atoms with E-state index in [4.69, 9.17) is 0 Å². The van der Waals surface area contributed by atoms with Crippen molar-refractivity contribution in [3.05, 3.63) is 40.7 Å². The Morgan fingerprint density at radius 1 is 0.967 bits per heavy atom. The van der Waals surface area contributed by atoms with E-state index in [0.717, 1.165) is 48.2 Å². The highest BCUT2D eigenvalue weighted by atomic mass is 32.2. The molecule has 0 spiro atoms. The second-order valence-corrected chi connectivity index (χ2v) is 12.2. The fraction of sp³-hybridized carbons (Fsp3) is 0.571. The minimum absolute atomic E-state index is 0.0122. The van der Waals surface area contributed by atoms with E-state index in [-0.39, 0.29) is 27.1 Å². The van der Waals surface area contributed by atoms with Gasteiger partial charge in [0.15, 0.2) is 0 Å². The molecule has 9 heteroatoms. The lowest BCUT2D eigenvalue weighted by atomic mass is 9.92. The largest absolute Gasteiger partial charge is 0.283 e. The van der Waals surface area contributed by atoms with Crippen LogP contribution in [0.3, 0.4) is 0 Å². The molecule has 7 nitrogen and oxygen atoms in total. The first-order valence-electron chi connectivity index (χ1n) is 10.6. The quantitative estimate of drug-likeness (QED) is 0.713. The number of hydrogen-bond donors (Lipinski definition) is 0. The van der Waals surface area contributed by atoms with Crippen molar-refractivity contribution in [3.8, 4) is 0 Å². The van der Waals surface area contributed by atoms with Gasteiger partial charge in [0.25, 0.3) is 10.0 Å². The van der Waals surface area contributed by atoms with E-state index in [0.29, 0.717) is 13.1 Å². The zero-order valence-electron chi connectivity index (χ0n) is 17.8. The van der Waals surface area contributed by atoms with E-state index in [1.165, 1.54) is 16.8 Å². The predicted octanol–water partition coefficient (Wildman–Crippen LogP) is 3.04. The van der Waals surface area contributed by atoms with Gasteiger partial charge in [-0.15, -0.1) is 0 Å². The molecule has 0 bridgehead atoms. The maximum Gasteiger partial charge on any atom is 0.283 e. The number of aryl methyl sites for hydroxylation is 3. The smallest absolute Gasteiger partial charge is 0.207 e. The molecular formula is C21H29N3O4S2. The van der Waals surface area contributed by atoms with Crippen LogP contribution in [0.2, 0.25) is 0 Å². The van der Waals surface area contributed by atoms with Crippen molar-refractivity contribution < 1.29 is 16.8 Å². The first kappa shape index (κ1) is 21.5. The van der Waals surface area contributed by atoms with Crippen LogP contribution in [0.1, 0.15) is 55.1 Å². The molecule has 1 aliphatic carbocycles. The summed E-state index contributed by atoms with van der Waals surface area (Å²) < 4.78 is 55.7. The molecular weight excluding hydrogens is 422 g/mol. The number of nitrogens with zero attached hydrogens (tertiary/aromatic N) is 3. The highest BCUT2D eigenvalue weighted by Gasteiger charge is 2.35. The van der Waals surface area contributed by atoms with Crippen LogP contribution in [0.25, 0.3) is 0 Å². The molecule has 164 valence electrons. The number of fused-ring (bicyclic) bond motifs is 1. The Hall–Kier alpha value is -1.71. The summed E-state index contributed by atoms with van der Waals surface area (Å²) in [6.45, 7) is 6.02. The van der Waals surface area contributed by atoms with Crippen molar-refractivity contribution in [2.45, 2.75) is 69.1 Å². The molecule has 1 aromatic heterocycles. The van der Waals surface area contributed by atoms with Crippen LogP contribution in [0.4, 0.5) is 0 Å². The topological polar surface area (TPSA) is 89.3 Å². The Kier molecular flexibility index (Phi) is 5.57. The van der Waals surface area contributed by atoms with Gasteiger partial charge in [-0.1, -0.05) is 13.0 Å². The number of sulfonamides is 1. The number of rotatable bonds is 4. The normalized spacial score (nSPS) is 20.8. The second kappa shape index (κ2) is 7.76. The minimum atomic E-state index is -3.98. The van der Waals surface area contributed by atoms with E-state index in [1.807, 2.05) is 13.0 Å². The van der Waals surface area contributed by atoms with Gasteiger partial charge < -0.3 is 0 Å². The van der Waals surface area contributed by atoms with Gasteiger partial charge in [0, 0.05) is 13.1 Å². The lowest BCUT2D eigenvalue weighted by Crippen LogP contribution is -2.39. The molecule has 4 rings (SSSR count). The molecule has 0 saturated carbocycles. The van der Waals surface area contributed by atoms with Gasteiger partial charge in [-0.3, -0.25) is 0 Å². The van der Waals surface area contributed by atoms with Crippen molar-refractivity contribution in [2.75, 3.05) is 13.1 Å². The maximum atomic E-state index is 13.4. The van der Waals surface area contributed by atoms with E-state index in [1.54, 1.807) is 19.1 Å². The van der Waals surface area contributed by atoms with E-state index in [2.05, 4.69) is 5.10 Å². The summed E-state index contributed by atoms with van der Waals surface area (Å²) in [6.07, 6.45) is 5.80. The highest BCUT2D eigenvalue weighted by molar-refractivity contribution is 7.90. The molecule has 0 radical (unpaired) electrons. The lowest BCUT2D eigenvalue weighted by molar-refractivity contribution is 0.281. The summed E-state index contributed by atoms with van der Waals surface area (Å²) in [5.41, 5.74) is 2.60. The molecule has 1 fully saturated rings.